The number of furan rings is 1. The van der Waals surface area contributed by atoms with Crippen molar-refractivity contribution in [1.82, 2.24) is 9.80 Å². The molecule has 0 radical (unpaired) electrons. The fourth-order valence-electron chi connectivity index (χ4n) is 3.11. The summed E-state index contributed by atoms with van der Waals surface area (Å²) in [6.45, 7) is 1.70. The normalized spacial score (nSPS) is 10.9. The molecule has 0 aliphatic rings. The van der Waals surface area contributed by atoms with Crippen molar-refractivity contribution in [3.05, 3.63) is 89.6 Å². The maximum Gasteiger partial charge on any atom is 0.236 e. The number of carbonyl (C=O) groups is 1. The van der Waals surface area contributed by atoms with E-state index in [1.165, 1.54) is 13.2 Å². The highest BCUT2D eigenvalue weighted by Gasteiger charge is 2.17. The monoisotopic (exact) mass is 396 g/mol. The molecule has 0 N–H and O–H groups in total. The van der Waals surface area contributed by atoms with Crippen molar-refractivity contribution in [3.8, 4) is 5.75 Å². The molecule has 0 saturated carbocycles. The lowest BCUT2D eigenvalue weighted by molar-refractivity contribution is -0.132. The Morgan fingerprint density at radius 1 is 1.00 bits per heavy atom. The lowest BCUT2D eigenvalue weighted by atomic mass is 10.2. The molecule has 6 heteroatoms. The second-order valence-electron chi connectivity index (χ2n) is 6.93. The molecule has 0 aliphatic heterocycles. The van der Waals surface area contributed by atoms with E-state index in [-0.39, 0.29) is 18.2 Å². The Kier molecular flexibility index (Phi) is 7.03. The number of halogens is 1. The number of benzene rings is 2. The summed E-state index contributed by atoms with van der Waals surface area (Å²) in [5.41, 5.74) is 1.83. The molecule has 0 atom stereocenters. The summed E-state index contributed by atoms with van der Waals surface area (Å²) in [4.78, 5) is 16.4. The van der Waals surface area contributed by atoms with E-state index in [0.29, 0.717) is 25.2 Å². The minimum Gasteiger partial charge on any atom is -0.494 e. The zero-order valence-electron chi connectivity index (χ0n) is 16.7. The van der Waals surface area contributed by atoms with Crippen LogP contribution in [-0.2, 0) is 24.4 Å². The van der Waals surface area contributed by atoms with Crippen molar-refractivity contribution in [2.45, 2.75) is 19.6 Å². The van der Waals surface area contributed by atoms with Gasteiger partial charge in [0.1, 0.15) is 5.76 Å². The SMILES string of the molecule is COc1ccc(CN(C)C(=O)CN(Cc2ccccc2)Cc2ccco2)cc1F. The van der Waals surface area contributed by atoms with Gasteiger partial charge in [-0.05, 0) is 35.4 Å². The molecule has 2 aromatic carbocycles. The highest BCUT2D eigenvalue weighted by Crippen LogP contribution is 2.19. The lowest BCUT2D eigenvalue weighted by Gasteiger charge is -2.25. The molecule has 1 amide bonds. The Morgan fingerprint density at radius 2 is 1.79 bits per heavy atom. The maximum absolute atomic E-state index is 13.9. The maximum atomic E-state index is 13.9. The molecule has 3 aromatic rings. The van der Waals surface area contributed by atoms with E-state index in [0.717, 1.165) is 11.3 Å². The largest absolute Gasteiger partial charge is 0.494 e. The zero-order valence-corrected chi connectivity index (χ0v) is 16.7. The van der Waals surface area contributed by atoms with Gasteiger partial charge in [0.15, 0.2) is 11.6 Å². The van der Waals surface area contributed by atoms with E-state index >= 15 is 0 Å². The molecular weight excluding hydrogens is 371 g/mol. The van der Waals surface area contributed by atoms with Crippen molar-refractivity contribution in [2.75, 3.05) is 20.7 Å². The van der Waals surface area contributed by atoms with Crippen LogP contribution in [-0.4, -0.2) is 36.4 Å². The molecule has 1 aromatic heterocycles. The summed E-state index contributed by atoms with van der Waals surface area (Å²) in [7, 11) is 3.14. The molecule has 0 spiro atoms. The molecule has 0 fully saturated rings. The predicted molar refractivity (Wildman–Crippen MR) is 109 cm³/mol. The molecule has 0 saturated heterocycles. The van der Waals surface area contributed by atoms with Gasteiger partial charge >= 0.3 is 0 Å². The zero-order chi connectivity index (χ0) is 20.6. The molecule has 3 rings (SSSR count). The average molecular weight is 396 g/mol. The molecular formula is C23H25FN2O3. The van der Waals surface area contributed by atoms with Crippen LogP contribution in [0.2, 0.25) is 0 Å². The van der Waals surface area contributed by atoms with E-state index in [9.17, 15) is 9.18 Å². The molecule has 0 bridgehead atoms. The quantitative estimate of drug-likeness (QED) is 0.547. The van der Waals surface area contributed by atoms with Crippen LogP contribution in [0.25, 0.3) is 0 Å². The van der Waals surface area contributed by atoms with E-state index < -0.39 is 5.82 Å². The van der Waals surface area contributed by atoms with Crippen LogP contribution in [0, 0.1) is 5.82 Å². The molecule has 152 valence electrons. The van der Waals surface area contributed by atoms with Crippen LogP contribution in [0.5, 0.6) is 5.75 Å². The van der Waals surface area contributed by atoms with Gasteiger partial charge in [-0.3, -0.25) is 9.69 Å². The summed E-state index contributed by atoms with van der Waals surface area (Å²) in [6.07, 6.45) is 1.63. The highest BCUT2D eigenvalue weighted by molar-refractivity contribution is 5.78. The third-order valence-electron chi connectivity index (χ3n) is 4.63. The van der Waals surface area contributed by atoms with Crippen LogP contribution in [0.1, 0.15) is 16.9 Å². The Morgan fingerprint density at radius 3 is 2.45 bits per heavy atom. The van der Waals surface area contributed by atoms with Crippen LogP contribution in [0.15, 0.2) is 71.3 Å². The van der Waals surface area contributed by atoms with Gasteiger partial charge in [-0.2, -0.15) is 0 Å². The first-order valence-corrected chi connectivity index (χ1v) is 9.40. The first kappa shape index (κ1) is 20.6. The van der Waals surface area contributed by atoms with Gasteiger partial charge in [0.25, 0.3) is 0 Å². The van der Waals surface area contributed by atoms with Gasteiger partial charge in [-0.25, -0.2) is 4.39 Å². The number of hydrogen-bond donors (Lipinski definition) is 0. The van der Waals surface area contributed by atoms with E-state index in [2.05, 4.69) is 0 Å². The predicted octanol–water partition coefficient (Wildman–Crippen LogP) is 4.09. The second-order valence-corrected chi connectivity index (χ2v) is 6.93. The minimum atomic E-state index is -0.436. The smallest absolute Gasteiger partial charge is 0.236 e. The third kappa shape index (κ3) is 5.93. The highest BCUT2D eigenvalue weighted by atomic mass is 19.1. The first-order chi connectivity index (χ1) is 14.0. The number of nitrogens with zero attached hydrogens (tertiary/aromatic N) is 2. The Balaban J connectivity index is 1.65. The van der Waals surface area contributed by atoms with E-state index in [4.69, 9.17) is 9.15 Å². The van der Waals surface area contributed by atoms with Gasteiger partial charge in [-0.1, -0.05) is 36.4 Å². The molecule has 0 unspecified atom stereocenters. The fraction of sp³-hybridized carbons (Fsp3) is 0.261. The van der Waals surface area contributed by atoms with Crippen LogP contribution in [0.3, 0.4) is 0 Å². The minimum absolute atomic E-state index is 0.0521. The second kappa shape index (κ2) is 9.89. The van der Waals surface area contributed by atoms with Crippen LogP contribution in [0.4, 0.5) is 4.39 Å². The van der Waals surface area contributed by atoms with Crippen molar-refractivity contribution in [1.29, 1.82) is 0 Å². The summed E-state index contributed by atoms with van der Waals surface area (Å²) >= 11 is 0. The number of hydrogen-bond acceptors (Lipinski definition) is 4. The summed E-state index contributed by atoms with van der Waals surface area (Å²) in [6, 6.07) is 18.4. The third-order valence-corrected chi connectivity index (χ3v) is 4.63. The average Bonchev–Trinajstić information content (AvgIpc) is 3.22. The lowest BCUT2D eigenvalue weighted by Crippen LogP contribution is -2.37. The van der Waals surface area contributed by atoms with Crippen LogP contribution >= 0.6 is 0 Å². The Bertz CT molecular complexity index is 913. The number of likely N-dealkylation sites (N-methyl/N-ethyl adjacent to an activating group) is 1. The van der Waals surface area contributed by atoms with Gasteiger partial charge < -0.3 is 14.1 Å². The topological polar surface area (TPSA) is 45.9 Å². The number of ether oxygens (including phenoxy) is 1. The molecule has 29 heavy (non-hydrogen) atoms. The molecule has 5 nitrogen and oxygen atoms in total. The van der Waals surface area contributed by atoms with Crippen molar-refractivity contribution < 1.29 is 18.3 Å². The number of rotatable bonds is 9. The molecule has 0 aliphatic carbocycles. The van der Waals surface area contributed by atoms with E-state index in [1.54, 1.807) is 30.3 Å². The molecule has 1 heterocycles. The summed E-state index contributed by atoms with van der Waals surface area (Å²) in [5.74, 6) is 0.502. The van der Waals surface area contributed by atoms with Gasteiger partial charge in [-0.15, -0.1) is 0 Å². The summed E-state index contributed by atoms with van der Waals surface area (Å²) in [5, 5.41) is 0. The van der Waals surface area contributed by atoms with Crippen molar-refractivity contribution in [2.24, 2.45) is 0 Å². The van der Waals surface area contributed by atoms with Crippen molar-refractivity contribution in [3.63, 3.8) is 0 Å². The summed E-state index contributed by atoms with van der Waals surface area (Å²) < 4.78 is 24.3. The number of methoxy groups -OCH3 is 1. The number of amides is 1. The van der Waals surface area contributed by atoms with Crippen LogP contribution < -0.4 is 4.74 Å². The Hall–Kier alpha value is -3.12. The standard InChI is InChI=1S/C23H25FN2O3/c1-25(14-19-10-11-22(28-2)21(24)13-19)23(27)17-26(16-20-9-6-12-29-20)15-18-7-4-3-5-8-18/h3-13H,14-17H2,1-2H3. The Labute approximate surface area is 170 Å². The van der Waals surface area contributed by atoms with Gasteiger partial charge in [0, 0.05) is 20.1 Å². The van der Waals surface area contributed by atoms with E-state index in [1.807, 2.05) is 47.4 Å². The fourth-order valence-corrected chi connectivity index (χ4v) is 3.11. The van der Waals surface area contributed by atoms with Crippen molar-refractivity contribution >= 4 is 5.91 Å². The van der Waals surface area contributed by atoms with Gasteiger partial charge in [0.05, 0.1) is 26.5 Å². The first-order valence-electron chi connectivity index (χ1n) is 9.40. The van der Waals surface area contributed by atoms with Gasteiger partial charge in [0.2, 0.25) is 5.91 Å². The number of carbonyl (C=O) groups excluding carboxylic acids is 1.